The van der Waals surface area contributed by atoms with Crippen LogP contribution < -0.4 is 5.32 Å². The Kier molecular flexibility index (Phi) is 4.93. The molecule has 90 valence electrons. The molecule has 0 spiro atoms. The topological polar surface area (TPSA) is 12.0 Å². The van der Waals surface area contributed by atoms with E-state index in [2.05, 4.69) is 42.0 Å². The molecule has 16 heavy (non-hydrogen) atoms. The highest BCUT2D eigenvalue weighted by atomic mass is 79.9. The van der Waals surface area contributed by atoms with Crippen LogP contribution in [0.1, 0.15) is 39.2 Å². The van der Waals surface area contributed by atoms with Crippen molar-refractivity contribution in [1.29, 1.82) is 0 Å². The summed E-state index contributed by atoms with van der Waals surface area (Å²) in [4.78, 5) is 0. The summed E-state index contributed by atoms with van der Waals surface area (Å²) in [6, 6.07) is 4.78. The molecular weight excluding hydrogens is 269 g/mol. The number of hydrogen-bond acceptors (Lipinski definition) is 1. The fourth-order valence-corrected chi connectivity index (χ4v) is 2.11. The van der Waals surface area contributed by atoms with Crippen molar-refractivity contribution in [3.8, 4) is 0 Å². The van der Waals surface area contributed by atoms with E-state index in [0.29, 0.717) is 6.54 Å². The van der Waals surface area contributed by atoms with E-state index in [-0.39, 0.29) is 11.4 Å². The Morgan fingerprint density at radius 3 is 2.69 bits per heavy atom. The van der Waals surface area contributed by atoms with E-state index in [9.17, 15) is 4.39 Å². The quantitative estimate of drug-likeness (QED) is 0.853. The normalized spacial score (nSPS) is 11.8. The summed E-state index contributed by atoms with van der Waals surface area (Å²) in [6.07, 6.45) is 2.25. The molecular formula is C13H19BrFN. The smallest absolute Gasteiger partial charge is 0.123 e. The third kappa shape index (κ3) is 4.22. The second kappa shape index (κ2) is 5.78. The van der Waals surface area contributed by atoms with Crippen LogP contribution in [0.25, 0.3) is 0 Å². The van der Waals surface area contributed by atoms with Crippen LogP contribution in [0.5, 0.6) is 0 Å². The van der Waals surface area contributed by atoms with Gasteiger partial charge in [0.25, 0.3) is 0 Å². The van der Waals surface area contributed by atoms with Crippen LogP contribution in [0.15, 0.2) is 22.7 Å². The van der Waals surface area contributed by atoms with Gasteiger partial charge in [0.1, 0.15) is 5.82 Å². The van der Waals surface area contributed by atoms with Gasteiger partial charge in [0.05, 0.1) is 0 Å². The minimum absolute atomic E-state index is 0.0977. The molecule has 0 aliphatic heterocycles. The summed E-state index contributed by atoms with van der Waals surface area (Å²) < 4.78 is 14.0. The first-order valence-corrected chi connectivity index (χ1v) is 6.43. The van der Waals surface area contributed by atoms with Crippen LogP contribution in [-0.2, 0) is 6.54 Å². The van der Waals surface area contributed by atoms with Crippen molar-refractivity contribution in [3.63, 3.8) is 0 Å². The first-order chi connectivity index (χ1) is 7.44. The predicted octanol–water partition coefficient (Wildman–Crippen LogP) is 4.26. The Bertz CT molecular complexity index is 350. The number of hydrogen-bond donors (Lipinski definition) is 1. The van der Waals surface area contributed by atoms with Crippen molar-refractivity contribution in [1.82, 2.24) is 5.32 Å². The van der Waals surface area contributed by atoms with Crippen molar-refractivity contribution in [2.24, 2.45) is 0 Å². The van der Waals surface area contributed by atoms with E-state index >= 15 is 0 Å². The molecule has 0 saturated carbocycles. The zero-order valence-corrected chi connectivity index (χ0v) is 11.7. The zero-order chi connectivity index (χ0) is 12.2. The maximum Gasteiger partial charge on any atom is 0.123 e. The zero-order valence-electron chi connectivity index (χ0n) is 10.1. The first-order valence-electron chi connectivity index (χ1n) is 5.63. The number of halogens is 2. The lowest BCUT2D eigenvalue weighted by Crippen LogP contribution is -2.38. The second-order valence-electron chi connectivity index (χ2n) is 4.72. The van der Waals surface area contributed by atoms with E-state index < -0.39 is 0 Å². The molecule has 1 aromatic carbocycles. The summed E-state index contributed by atoms with van der Waals surface area (Å²) in [6.45, 7) is 7.19. The minimum atomic E-state index is -0.187. The van der Waals surface area contributed by atoms with Crippen LogP contribution in [0, 0.1) is 5.82 Å². The molecule has 0 radical (unpaired) electrons. The fraction of sp³-hybridized carbons (Fsp3) is 0.538. The molecule has 0 bridgehead atoms. The largest absolute Gasteiger partial charge is 0.308 e. The standard InChI is InChI=1S/C13H19BrFN/c1-4-7-13(2,3)16-9-10-8-11(15)5-6-12(10)14/h5-6,8,16H,4,7,9H2,1-3H3. The van der Waals surface area contributed by atoms with Crippen molar-refractivity contribution >= 4 is 15.9 Å². The SMILES string of the molecule is CCCC(C)(C)NCc1cc(F)ccc1Br. The highest BCUT2D eigenvalue weighted by molar-refractivity contribution is 9.10. The molecule has 0 fully saturated rings. The molecule has 1 rings (SSSR count). The van der Waals surface area contributed by atoms with Gasteiger partial charge in [-0.1, -0.05) is 29.3 Å². The van der Waals surface area contributed by atoms with Gasteiger partial charge < -0.3 is 5.32 Å². The van der Waals surface area contributed by atoms with E-state index in [0.717, 1.165) is 22.9 Å². The number of nitrogens with one attached hydrogen (secondary N) is 1. The molecule has 1 aromatic rings. The van der Waals surface area contributed by atoms with Crippen LogP contribution in [0.2, 0.25) is 0 Å². The lowest BCUT2D eigenvalue weighted by Gasteiger charge is -2.26. The molecule has 0 amide bonds. The van der Waals surface area contributed by atoms with Gasteiger partial charge in [-0.3, -0.25) is 0 Å². The third-order valence-corrected chi connectivity index (χ3v) is 3.41. The van der Waals surface area contributed by atoms with Crippen LogP contribution in [0.3, 0.4) is 0 Å². The predicted molar refractivity (Wildman–Crippen MR) is 69.9 cm³/mol. The van der Waals surface area contributed by atoms with E-state index in [1.54, 1.807) is 12.1 Å². The van der Waals surface area contributed by atoms with Gasteiger partial charge in [-0.2, -0.15) is 0 Å². The van der Waals surface area contributed by atoms with Crippen molar-refractivity contribution in [2.75, 3.05) is 0 Å². The Hall–Kier alpha value is -0.410. The molecule has 0 heterocycles. The molecule has 3 heteroatoms. The Morgan fingerprint density at radius 1 is 1.38 bits per heavy atom. The highest BCUT2D eigenvalue weighted by Gasteiger charge is 2.15. The Balaban J connectivity index is 2.63. The molecule has 0 aromatic heterocycles. The summed E-state index contributed by atoms with van der Waals surface area (Å²) in [5.74, 6) is -0.187. The van der Waals surface area contributed by atoms with Gasteiger partial charge in [-0.25, -0.2) is 4.39 Å². The van der Waals surface area contributed by atoms with Crippen molar-refractivity contribution in [2.45, 2.75) is 45.7 Å². The van der Waals surface area contributed by atoms with Crippen LogP contribution >= 0.6 is 15.9 Å². The molecule has 0 aliphatic carbocycles. The maximum atomic E-state index is 13.1. The monoisotopic (exact) mass is 287 g/mol. The lowest BCUT2D eigenvalue weighted by atomic mass is 9.98. The summed E-state index contributed by atoms with van der Waals surface area (Å²) in [7, 11) is 0. The highest BCUT2D eigenvalue weighted by Crippen LogP contribution is 2.19. The molecule has 1 N–H and O–H groups in total. The molecule has 0 unspecified atom stereocenters. The molecule has 0 aliphatic rings. The lowest BCUT2D eigenvalue weighted by molar-refractivity contribution is 0.356. The maximum absolute atomic E-state index is 13.1. The average Bonchev–Trinajstić information content (AvgIpc) is 2.19. The van der Waals surface area contributed by atoms with Gasteiger partial charge in [0.15, 0.2) is 0 Å². The van der Waals surface area contributed by atoms with E-state index in [4.69, 9.17) is 0 Å². The molecule has 1 nitrogen and oxygen atoms in total. The fourth-order valence-electron chi connectivity index (χ4n) is 1.73. The molecule has 0 atom stereocenters. The van der Waals surface area contributed by atoms with Gasteiger partial charge >= 0.3 is 0 Å². The van der Waals surface area contributed by atoms with E-state index in [1.165, 1.54) is 6.07 Å². The second-order valence-corrected chi connectivity index (χ2v) is 5.58. The van der Waals surface area contributed by atoms with Gasteiger partial charge in [-0.05, 0) is 44.0 Å². The Morgan fingerprint density at radius 2 is 2.06 bits per heavy atom. The van der Waals surface area contributed by atoms with Gasteiger partial charge in [0, 0.05) is 16.6 Å². The van der Waals surface area contributed by atoms with Crippen LogP contribution in [0.4, 0.5) is 4.39 Å². The summed E-state index contributed by atoms with van der Waals surface area (Å²) >= 11 is 3.43. The van der Waals surface area contributed by atoms with Crippen LogP contribution in [-0.4, -0.2) is 5.54 Å². The number of benzene rings is 1. The summed E-state index contributed by atoms with van der Waals surface area (Å²) in [5, 5.41) is 3.45. The minimum Gasteiger partial charge on any atom is -0.308 e. The first kappa shape index (κ1) is 13.7. The van der Waals surface area contributed by atoms with Crippen molar-refractivity contribution in [3.05, 3.63) is 34.1 Å². The number of rotatable bonds is 5. The average molecular weight is 288 g/mol. The third-order valence-electron chi connectivity index (χ3n) is 2.64. The van der Waals surface area contributed by atoms with Crippen molar-refractivity contribution < 1.29 is 4.39 Å². The van der Waals surface area contributed by atoms with E-state index in [1.807, 2.05) is 0 Å². The summed E-state index contributed by atoms with van der Waals surface area (Å²) in [5.41, 5.74) is 1.06. The van der Waals surface area contributed by atoms with Gasteiger partial charge in [0.2, 0.25) is 0 Å². The van der Waals surface area contributed by atoms with Gasteiger partial charge in [-0.15, -0.1) is 0 Å². The molecule has 0 saturated heterocycles. The Labute approximate surface area is 106 Å².